The minimum atomic E-state index is -0.393. The fourth-order valence-corrected chi connectivity index (χ4v) is 2.04. The summed E-state index contributed by atoms with van der Waals surface area (Å²) in [6.45, 7) is 6.04. The van der Waals surface area contributed by atoms with Gasteiger partial charge in [0.05, 0.1) is 4.92 Å². The molecule has 0 aliphatic heterocycles. The minimum absolute atomic E-state index is 0.0867. The summed E-state index contributed by atoms with van der Waals surface area (Å²) in [7, 11) is 1.94. The van der Waals surface area contributed by atoms with Gasteiger partial charge in [-0.25, -0.2) is 0 Å². The lowest BCUT2D eigenvalue weighted by molar-refractivity contribution is -0.385. The van der Waals surface area contributed by atoms with Gasteiger partial charge in [-0.05, 0) is 32.4 Å². The molecule has 5 heteroatoms. The van der Waals surface area contributed by atoms with Gasteiger partial charge in [0.15, 0.2) is 0 Å². The Morgan fingerprint density at radius 1 is 1.44 bits per heavy atom. The monoisotopic (exact) mass is 251 g/mol. The van der Waals surface area contributed by atoms with Crippen molar-refractivity contribution in [2.75, 3.05) is 7.05 Å². The van der Waals surface area contributed by atoms with Crippen molar-refractivity contribution in [2.24, 2.45) is 5.92 Å². The molecule has 18 heavy (non-hydrogen) atoms. The van der Waals surface area contributed by atoms with Crippen LogP contribution in [0.5, 0.6) is 0 Å². The molecular formula is C13H21N3O2. The van der Waals surface area contributed by atoms with Crippen molar-refractivity contribution in [1.82, 2.24) is 10.3 Å². The molecule has 0 aliphatic rings. The Bertz CT molecular complexity index is 419. The Morgan fingerprint density at radius 2 is 2.11 bits per heavy atom. The number of likely N-dealkylation sites (N-methyl/N-ethyl adjacent to an activating group) is 1. The molecule has 1 aromatic heterocycles. The van der Waals surface area contributed by atoms with Crippen LogP contribution in [0.4, 0.5) is 5.69 Å². The summed E-state index contributed by atoms with van der Waals surface area (Å²) in [4.78, 5) is 14.6. The molecule has 1 aromatic rings. The Hall–Kier alpha value is -1.49. The number of aromatic nitrogens is 1. The van der Waals surface area contributed by atoms with Crippen molar-refractivity contribution < 1.29 is 4.92 Å². The summed E-state index contributed by atoms with van der Waals surface area (Å²) >= 11 is 0. The van der Waals surface area contributed by atoms with E-state index in [2.05, 4.69) is 24.1 Å². The largest absolute Gasteiger partial charge is 0.317 e. The molecule has 0 aliphatic carbocycles. The maximum absolute atomic E-state index is 10.7. The van der Waals surface area contributed by atoms with Gasteiger partial charge in [0.1, 0.15) is 5.69 Å². The molecule has 1 atom stereocenters. The molecule has 1 heterocycles. The van der Waals surface area contributed by atoms with Crippen LogP contribution in [0, 0.1) is 23.0 Å². The first-order chi connectivity index (χ1) is 8.43. The third-order valence-electron chi connectivity index (χ3n) is 2.93. The first-order valence-corrected chi connectivity index (χ1v) is 6.22. The van der Waals surface area contributed by atoms with Crippen molar-refractivity contribution in [3.05, 3.63) is 33.6 Å². The molecule has 0 aromatic carbocycles. The Kier molecular flexibility index (Phi) is 5.22. The molecule has 0 radical (unpaired) electrons. The zero-order valence-corrected chi connectivity index (χ0v) is 11.4. The fourth-order valence-electron chi connectivity index (χ4n) is 2.04. The second-order valence-corrected chi connectivity index (χ2v) is 4.98. The second-order valence-electron chi connectivity index (χ2n) is 4.98. The van der Waals surface area contributed by atoms with Crippen molar-refractivity contribution in [3.63, 3.8) is 0 Å². The molecule has 1 unspecified atom stereocenters. The van der Waals surface area contributed by atoms with Gasteiger partial charge >= 0.3 is 0 Å². The van der Waals surface area contributed by atoms with E-state index >= 15 is 0 Å². The lowest BCUT2D eigenvalue weighted by Gasteiger charge is -2.18. The van der Waals surface area contributed by atoms with E-state index in [1.54, 1.807) is 19.1 Å². The van der Waals surface area contributed by atoms with E-state index in [9.17, 15) is 10.1 Å². The van der Waals surface area contributed by atoms with E-state index < -0.39 is 4.92 Å². The summed E-state index contributed by atoms with van der Waals surface area (Å²) in [5, 5.41) is 14.0. The van der Waals surface area contributed by atoms with Crippen LogP contribution >= 0.6 is 0 Å². The first kappa shape index (κ1) is 14.6. The van der Waals surface area contributed by atoms with E-state index in [-0.39, 0.29) is 5.69 Å². The van der Waals surface area contributed by atoms with Crippen molar-refractivity contribution >= 4 is 5.69 Å². The number of pyridine rings is 1. The quantitative estimate of drug-likeness (QED) is 0.623. The average molecular weight is 251 g/mol. The Morgan fingerprint density at radius 3 is 2.56 bits per heavy atom. The normalized spacial score (nSPS) is 12.7. The lowest BCUT2D eigenvalue weighted by atomic mass is 9.99. The van der Waals surface area contributed by atoms with E-state index in [1.807, 2.05) is 7.05 Å². The van der Waals surface area contributed by atoms with Gasteiger partial charge in [0.2, 0.25) is 0 Å². The molecule has 1 rings (SSSR count). The molecule has 0 fully saturated rings. The van der Waals surface area contributed by atoms with Crippen LogP contribution in [-0.4, -0.2) is 23.0 Å². The molecule has 0 spiro atoms. The summed E-state index contributed by atoms with van der Waals surface area (Å²) in [5.41, 5.74) is 1.47. The standard InChI is InChI=1S/C13H21N3O2/c1-9(2)7-12(14-4)8-11-5-6-13(16(17)18)10(3)15-11/h5-6,9,12,14H,7-8H2,1-4H3. The molecule has 0 saturated heterocycles. The minimum Gasteiger partial charge on any atom is -0.317 e. The van der Waals surface area contributed by atoms with Crippen LogP contribution in [0.25, 0.3) is 0 Å². The van der Waals surface area contributed by atoms with Gasteiger partial charge in [-0.3, -0.25) is 15.1 Å². The number of rotatable bonds is 6. The van der Waals surface area contributed by atoms with Crippen LogP contribution in [0.15, 0.2) is 12.1 Å². The molecule has 100 valence electrons. The topological polar surface area (TPSA) is 68.1 Å². The van der Waals surface area contributed by atoms with Gasteiger partial charge < -0.3 is 5.32 Å². The van der Waals surface area contributed by atoms with E-state index in [0.717, 1.165) is 18.5 Å². The number of nitrogens with one attached hydrogen (secondary N) is 1. The Labute approximate surface area is 108 Å². The number of nitrogens with zero attached hydrogens (tertiary/aromatic N) is 2. The maximum Gasteiger partial charge on any atom is 0.290 e. The SMILES string of the molecule is CNC(Cc1ccc([N+](=O)[O-])c(C)n1)CC(C)C. The number of hydrogen-bond donors (Lipinski definition) is 1. The van der Waals surface area contributed by atoms with Crippen LogP contribution in [0.2, 0.25) is 0 Å². The number of hydrogen-bond acceptors (Lipinski definition) is 4. The molecule has 0 bridgehead atoms. The van der Waals surface area contributed by atoms with Crippen molar-refractivity contribution in [2.45, 2.75) is 39.7 Å². The summed E-state index contributed by atoms with van der Waals surface area (Å²) in [6, 6.07) is 3.65. The van der Waals surface area contributed by atoms with Gasteiger partial charge in [-0.15, -0.1) is 0 Å². The third-order valence-corrected chi connectivity index (χ3v) is 2.93. The Balaban J connectivity index is 2.78. The van der Waals surface area contributed by atoms with E-state index in [0.29, 0.717) is 17.7 Å². The molecular weight excluding hydrogens is 230 g/mol. The third kappa shape index (κ3) is 4.07. The molecule has 5 nitrogen and oxygen atoms in total. The highest BCUT2D eigenvalue weighted by Crippen LogP contribution is 2.17. The number of nitro groups is 1. The van der Waals surface area contributed by atoms with Gasteiger partial charge in [0, 0.05) is 24.2 Å². The lowest BCUT2D eigenvalue weighted by Crippen LogP contribution is -2.29. The highest BCUT2D eigenvalue weighted by atomic mass is 16.6. The summed E-state index contributed by atoms with van der Waals surface area (Å²) in [6.07, 6.45) is 1.86. The van der Waals surface area contributed by atoms with Crippen LogP contribution in [-0.2, 0) is 6.42 Å². The highest BCUT2D eigenvalue weighted by Gasteiger charge is 2.14. The first-order valence-electron chi connectivity index (χ1n) is 6.22. The molecule has 0 amide bonds. The zero-order valence-electron chi connectivity index (χ0n) is 11.4. The van der Waals surface area contributed by atoms with E-state index in [1.165, 1.54) is 0 Å². The van der Waals surface area contributed by atoms with E-state index in [4.69, 9.17) is 0 Å². The summed E-state index contributed by atoms with van der Waals surface area (Å²) < 4.78 is 0. The van der Waals surface area contributed by atoms with Crippen LogP contribution < -0.4 is 5.32 Å². The number of aryl methyl sites for hydroxylation is 1. The van der Waals surface area contributed by atoms with Gasteiger partial charge in [0.25, 0.3) is 5.69 Å². The van der Waals surface area contributed by atoms with Gasteiger partial charge in [-0.2, -0.15) is 0 Å². The predicted molar refractivity (Wildman–Crippen MR) is 71.6 cm³/mol. The van der Waals surface area contributed by atoms with Gasteiger partial charge in [-0.1, -0.05) is 13.8 Å². The zero-order chi connectivity index (χ0) is 13.7. The van der Waals surface area contributed by atoms with Crippen LogP contribution in [0.1, 0.15) is 31.7 Å². The maximum atomic E-state index is 10.7. The smallest absolute Gasteiger partial charge is 0.290 e. The highest BCUT2D eigenvalue weighted by molar-refractivity contribution is 5.35. The van der Waals surface area contributed by atoms with Crippen molar-refractivity contribution in [1.29, 1.82) is 0 Å². The molecule has 0 saturated carbocycles. The van der Waals surface area contributed by atoms with Crippen molar-refractivity contribution in [3.8, 4) is 0 Å². The molecule has 1 N–H and O–H groups in total. The van der Waals surface area contributed by atoms with Crippen LogP contribution in [0.3, 0.4) is 0 Å². The predicted octanol–water partition coefficient (Wildman–Crippen LogP) is 2.47. The average Bonchev–Trinajstić information content (AvgIpc) is 2.27. The second kappa shape index (κ2) is 6.44. The fraction of sp³-hybridized carbons (Fsp3) is 0.615. The summed E-state index contributed by atoms with van der Waals surface area (Å²) in [5.74, 6) is 0.613.